The first kappa shape index (κ1) is 22.7. The van der Waals surface area contributed by atoms with Crippen LogP contribution in [0.15, 0.2) is 48.6 Å². The molecular weight excluding hydrogens is 426 g/mol. The summed E-state index contributed by atoms with van der Waals surface area (Å²) in [4.78, 5) is 0. The fourth-order valence-corrected chi connectivity index (χ4v) is 4.91. The van der Waals surface area contributed by atoms with Gasteiger partial charge in [0.1, 0.15) is 0 Å². The summed E-state index contributed by atoms with van der Waals surface area (Å²) in [5.41, 5.74) is -2.53. The molecule has 3 fully saturated rings. The summed E-state index contributed by atoms with van der Waals surface area (Å²) in [7, 11) is 0. The average Bonchev–Trinajstić information content (AvgIpc) is 2.76. The van der Waals surface area contributed by atoms with E-state index in [1.165, 1.54) is 31.2 Å². The van der Waals surface area contributed by atoms with E-state index in [0.29, 0.717) is 5.56 Å². The standard InChI is InChI=1S/C26H24F6/c1-17-3-6-19(7-4-17)9-11-23-13-15-24(16-14-23,26(31,32)25(23,29)30)12-10-20-8-5-18(2)21(27)22(20)28/h3-12H,13-16H2,1-2H3/b11-9+,12-10+. The predicted octanol–water partition coefficient (Wildman–Crippen LogP) is 8.14. The van der Waals surface area contributed by atoms with E-state index in [0.717, 1.165) is 17.7 Å². The van der Waals surface area contributed by atoms with Crippen LogP contribution in [0.4, 0.5) is 26.3 Å². The molecule has 0 heterocycles. The van der Waals surface area contributed by atoms with Gasteiger partial charge in [-0.2, -0.15) is 17.6 Å². The highest BCUT2D eigenvalue weighted by Gasteiger charge is 2.80. The lowest BCUT2D eigenvalue weighted by atomic mass is 9.49. The Balaban J connectivity index is 1.67. The summed E-state index contributed by atoms with van der Waals surface area (Å²) in [5, 5.41) is 0. The Hall–Kier alpha value is -2.50. The Morgan fingerprint density at radius 1 is 0.656 bits per heavy atom. The molecule has 0 aromatic heterocycles. The lowest BCUT2D eigenvalue weighted by Crippen LogP contribution is -2.68. The van der Waals surface area contributed by atoms with Gasteiger partial charge in [0, 0.05) is 5.56 Å². The second kappa shape index (κ2) is 7.53. The normalized spacial score (nSPS) is 28.6. The minimum absolute atomic E-state index is 0.0788. The summed E-state index contributed by atoms with van der Waals surface area (Å²) >= 11 is 0. The van der Waals surface area contributed by atoms with Crippen LogP contribution >= 0.6 is 0 Å². The van der Waals surface area contributed by atoms with E-state index in [1.807, 2.05) is 19.1 Å². The summed E-state index contributed by atoms with van der Waals surface area (Å²) < 4.78 is 89.2. The highest BCUT2D eigenvalue weighted by atomic mass is 19.3. The van der Waals surface area contributed by atoms with Gasteiger partial charge in [0.15, 0.2) is 11.6 Å². The van der Waals surface area contributed by atoms with Crippen molar-refractivity contribution in [1.82, 2.24) is 0 Å². The molecule has 0 atom stereocenters. The average molecular weight is 450 g/mol. The third-order valence-electron chi connectivity index (χ3n) is 7.24. The van der Waals surface area contributed by atoms with Crippen LogP contribution < -0.4 is 0 Å². The molecule has 5 rings (SSSR count). The number of rotatable bonds is 4. The van der Waals surface area contributed by atoms with E-state index >= 15 is 17.6 Å². The molecule has 2 aromatic carbocycles. The van der Waals surface area contributed by atoms with E-state index in [9.17, 15) is 8.78 Å². The number of halogens is 6. The minimum atomic E-state index is -4.33. The number of alkyl halides is 4. The molecular formula is C26H24F6. The van der Waals surface area contributed by atoms with Crippen molar-refractivity contribution in [3.8, 4) is 0 Å². The number of benzene rings is 2. The second-order valence-corrected chi connectivity index (χ2v) is 9.14. The number of hydrogen-bond acceptors (Lipinski definition) is 0. The molecule has 0 amide bonds. The predicted molar refractivity (Wildman–Crippen MR) is 114 cm³/mol. The van der Waals surface area contributed by atoms with E-state index in [4.69, 9.17) is 0 Å². The maximum Gasteiger partial charge on any atom is 0.319 e. The van der Waals surface area contributed by atoms with Crippen molar-refractivity contribution in [2.45, 2.75) is 51.4 Å². The van der Waals surface area contributed by atoms with Gasteiger partial charge in [0.05, 0.1) is 10.8 Å². The van der Waals surface area contributed by atoms with Crippen molar-refractivity contribution in [3.63, 3.8) is 0 Å². The molecule has 0 saturated heterocycles. The Morgan fingerprint density at radius 2 is 1.16 bits per heavy atom. The van der Waals surface area contributed by atoms with E-state index < -0.39 is 34.3 Å². The fraction of sp³-hybridized carbons (Fsp3) is 0.385. The third-order valence-corrected chi connectivity index (χ3v) is 7.24. The monoisotopic (exact) mass is 450 g/mol. The van der Waals surface area contributed by atoms with Gasteiger partial charge in [-0.1, -0.05) is 66.3 Å². The maximum absolute atomic E-state index is 15.3. The van der Waals surface area contributed by atoms with Crippen LogP contribution in [0.5, 0.6) is 0 Å². The van der Waals surface area contributed by atoms with Crippen LogP contribution in [0, 0.1) is 36.3 Å². The lowest BCUT2D eigenvalue weighted by Gasteiger charge is -2.59. The first-order valence-corrected chi connectivity index (χ1v) is 10.6. The van der Waals surface area contributed by atoms with Gasteiger partial charge in [-0.25, -0.2) is 8.78 Å². The largest absolute Gasteiger partial charge is 0.319 e. The Labute approximate surface area is 183 Å². The summed E-state index contributed by atoms with van der Waals surface area (Å²) in [5.74, 6) is -10.9. The van der Waals surface area contributed by atoms with Crippen LogP contribution in [0.2, 0.25) is 0 Å². The van der Waals surface area contributed by atoms with Crippen molar-refractivity contribution in [2.75, 3.05) is 0 Å². The van der Waals surface area contributed by atoms with Crippen LogP contribution in [0.3, 0.4) is 0 Å². The molecule has 3 aliphatic carbocycles. The van der Waals surface area contributed by atoms with E-state index in [1.54, 1.807) is 12.1 Å². The molecule has 0 radical (unpaired) electrons. The number of allylic oxidation sites excluding steroid dienone is 2. The zero-order valence-corrected chi connectivity index (χ0v) is 17.9. The van der Waals surface area contributed by atoms with Crippen molar-refractivity contribution in [1.29, 1.82) is 0 Å². The first-order chi connectivity index (χ1) is 14.9. The van der Waals surface area contributed by atoms with Crippen molar-refractivity contribution in [2.24, 2.45) is 10.8 Å². The van der Waals surface area contributed by atoms with Crippen LogP contribution in [-0.4, -0.2) is 11.8 Å². The molecule has 0 aliphatic heterocycles. The topological polar surface area (TPSA) is 0 Å². The number of fused-ring (bicyclic) bond motifs is 3. The van der Waals surface area contributed by atoms with Crippen LogP contribution in [-0.2, 0) is 0 Å². The molecule has 3 aliphatic rings. The Morgan fingerprint density at radius 3 is 1.69 bits per heavy atom. The zero-order valence-electron chi connectivity index (χ0n) is 17.9. The molecule has 32 heavy (non-hydrogen) atoms. The molecule has 0 nitrogen and oxygen atoms in total. The van der Waals surface area contributed by atoms with Crippen molar-refractivity contribution >= 4 is 12.2 Å². The van der Waals surface area contributed by atoms with Crippen LogP contribution in [0.25, 0.3) is 12.2 Å². The van der Waals surface area contributed by atoms with Crippen molar-refractivity contribution < 1.29 is 26.3 Å². The Bertz CT molecular complexity index is 1070. The maximum atomic E-state index is 15.3. The summed E-state index contributed by atoms with van der Waals surface area (Å²) in [6.45, 7) is 3.28. The second-order valence-electron chi connectivity index (χ2n) is 9.14. The van der Waals surface area contributed by atoms with Gasteiger partial charge in [-0.15, -0.1) is 0 Å². The highest BCUT2D eigenvalue weighted by Crippen LogP contribution is 2.71. The van der Waals surface area contributed by atoms with Crippen molar-refractivity contribution in [3.05, 3.63) is 82.4 Å². The smallest absolute Gasteiger partial charge is 0.203 e. The zero-order chi connectivity index (χ0) is 23.4. The quantitative estimate of drug-likeness (QED) is 0.413. The summed E-state index contributed by atoms with van der Waals surface area (Å²) in [6.07, 6.45) is 4.15. The van der Waals surface area contributed by atoms with Gasteiger partial charge in [-0.3, -0.25) is 0 Å². The molecule has 0 unspecified atom stereocenters. The molecule has 2 aromatic rings. The van der Waals surface area contributed by atoms with Gasteiger partial charge in [0.2, 0.25) is 0 Å². The van der Waals surface area contributed by atoms with Gasteiger partial charge < -0.3 is 0 Å². The molecule has 0 spiro atoms. The van der Waals surface area contributed by atoms with Crippen LogP contribution in [0.1, 0.15) is 47.9 Å². The van der Waals surface area contributed by atoms with Gasteiger partial charge in [0.25, 0.3) is 0 Å². The molecule has 6 heteroatoms. The van der Waals surface area contributed by atoms with Gasteiger partial charge >= 0.3 is 11.8 Å². The number of aryl methyl sites for hydroxylation is 2. The van der Waals surface area contributed by atoms with Gasteiger partial charge in [-0.05, 0) is 50.7 Å². The lowest BCUT2D eigenvalue weighted by molar-refractivity contribution is -0.344. The van der Waals surface area contributed by atoms with E-state index in [2.05, 4.69) is 0 Å². The third kappa shape index (κ3) is 3.22. The van der Waals surface area contributed by atoms with E-state index in [-0.39, 0.29) is 36.8 Å². The SMILES string of the molecule is Cc1ccc(/C=C/C23CCC(/C=C/c4ccc(C)c(F)c4F)(CC2)C(F)(F)C3(F)F)cc1. The number of hydrogen-bond donors (Lipinski definition) is 0. The fourth-order valence-electron chi connectivity index (χ4n) is 4.91. The first-order valence-electron chi connectivity index (χ1n) is 10.6. The Kier molecular flexibility index (Phi) is 5.34. The summed E-state index contributed by atoms with van der Waals surface area (Å²) in [6, 6.07) is 9.76. The molecule has 3 saturated carbocycles. The molecule has 170 valence electrons. The molecule has 2 bridgehead atoms. The highest BCUT2D eigenvalue weighted by molar-refractivity contribution is 5.54. The minimum Gasteiger partial charge on any atom is -0.203 e. The molecule has 0 N–H and O–H groups in total.